The minimum atomic E-state index is -0.825. The number of fused-ring (bicyclic) bond motifs is 4. The van der Waals surface area contributed by atoms with E-state index in [0.717, 1.165) is 90.3 Å². The second-order valence-corrected chi connectivity index (χ2v) is 13.1. The summed E-state index contributed by atoms with van der Waals surface area (Å²) in [6, 6.07) is 43.9. The number of pyridine rings is 2. The first-order valence-electron chi connectivity index (χ1n) is 18.1. The topological polar surface area (TPSA) is 156 Å². The molecule has 2 heterocycles. The predicted octanol–water partition coefficient (Wildman–Crippen LogP) is 9.82. The van der Waals surface area contributed by atoms with Crippen molar-refractivity contribution in [2.24, 2.45) is 0 Å². The number of hydrogen-bond donors (Lipinski definition) is 4. The van der Waals surface area contributed by atoms with E-state index in [1.54, 1.807) is 0 Å². The fraction of sp³-hybridized carbons (Fsp3) is 0.130. The summed E-state index contributed by atoms with van der Waals surface area (Å²) in [6.07, 6.45) is 1.90. The average Bonchev–Trinajstić information content (AvgIpc) is 3.18. The van der Waals surface area contributed by atoms with Crippen LogP contribution in [0.5, 0.6) is 0 Å². The summed E-state index contributed by atoms with van der Waals surface area (Å²) in [7, 11) is 0. The van der Waals surface area contributed by atoms with Crippen molar-refractivity contribution in [3.63, 3.8) is 0 Å². The Bertz CT molecular complexity index is 2460. The number of carbonyl (C=O) groups is 2. The van der Waals surface area contributed by atoms with Gasteiger partial charge in [0.25, 0.3) is 0 Å². The van der Waals surface area contributed by atoms with Crippen molar-refractivity contribution >= 4 is 78.3 Å². The lowest BCUT2D eigenvalue weighted by Gasteiger charge is -2.15. The van der Waals surface area contributed by atoms with E-state index in [1.165, 1.54) is 11.1 Å². The van der Waals surface area contributed by atoms with Crippen LogP contribution in [0.1, 0.15) is 36.1 Å². The molecule has 8 rings (SSSR count). The third kappa shape index (κ3) is 8.38. The van der Waals surface area contributed by atoms with Crippen LogP contribution in [-0.4, -0.2) is 37.6 Å². The van der Waals surface area contributed by atoms with Gasteiger partial charge < -0.3 is 26.3 Å². The van der Waals surface area contributed by atoms with Crippen LogP contribution in [-0.2, 0) is 35.3 Å². The summed E-state index contributed by atoms with van der Waals surface area (Å²) < 4.78 is 0. The van der Waals surface area contributed by atoms with Gasteiger partial charge in [0.2, 0.25) is 0 Å². The second kappa shape index (κ2) is 16.9. The fourth-order valence-corrected chi connectivity index (χ4v) is 6.84. The Kier molecular flexibility index (Phi) is 11.6. The molecule has 0 aliphatic heterocycles. The number of aromatic nitrogens is 2. The van der Waals surface area contributed by atoms with E-state index in [0.29, 0.717) is 0 Å². The number of carboxylic acid groups (broad SMARTS) is 2. The third-order valence-corrected chi connectivity index (χ3v) is 9.51. The molecule has 0 aliphatic carbocycles. The maximum absolute atomic E-state index is 10.9. The van der Waals surface area contributed by atoms with Gasteiger partial charge in [-0.2, -0.15) is 0 Å². The monoisotopic (exact) mass is 730 g/mol. The number of aryl methyl sites for hydroxylation is 2. The number of nitrogens with zero attached hydrogens (tertiary/aromatic N) is 2. The largest absolute Gasteiger partial charge is 0.481 e. The van der Waals surface area contributed by atoms with Crippen LogP contribution in [0.2, 0.25) is 0 Å². The summed E-state index contributed by atoms with van der Waals surface area (Å²) in [5, 5.41) is 29.2. The van der Waals surface area contributed by atoms with Gasteiger partial charge in [-0.25, -0.2) is 9.97 Å². The zero-order valence-electron chi connectivity index (χ0n) is 30.6. The molecule has 2 aromatic heterocycles. The molecular weight excluding hydrogens is 689 g/mol. The number of aliphatic carboxylic acids is 2. The SMILES string of the molecule is CCc1cccc2c(Nc3ccc(CC(=O)O)cc3)c3ccccc3nc12.CCc1cccc2c(Nc3ccc(CC(=O)O)cc3)c3ccccc3nc12.O. The molecule has 0 spiro atoms. The molecule has 6 N–H and O–H groups in total. The summed E-state index contributed by atoms with van der Waals surface area (Å²) >= 11 is 0. The van der Waals surface area contributed by atoms with Gasteiger partial charge in [0.1, 0.15) is 0 Å². The molecule has 0 aliphatic rings. The highest BCUT2D eigenvalue weighted by Gasteiger charge is 2.13. The predicted molar refractivity (Wildman–Crippen MR) is 223 cm³/mol. The summed E-state index contributed by atoms with van der Waals surface area (Å²) in [5.74, 6) is -1.65. The van der Waals surface area contributed by atoms with Crippen molar-refractivity contribution in [2.75, 3.05) is 10.6 Å². The first-order chi connectivity index (χ1) is 26.3. The van der Waals surface area contributed by atoms with Gasteiger partial charge in [0, 0.05) is 32.9 Å². The molecule has 6 aromatic carbocycles. The minimum Gasteiger partial charge on any atom is -0.481 e. The molecule has 9 nitrogen and oxygen atoms in total. The van der Waals surface area contributed by atoms with Crippen molar-refractivity contribution in [3.8, 4) is 0 Å². The quantitative estimate of drug-likeness (QED) is 0.101. The molecule has 8 aromatic rings. The van der Waals surface area contributed by atoms with Gasteiger partial charge in [-0.3, -0.25) is 9.59 Å². The molecule has 0 bridgehead atoms. The minimum absolute atomic E-state index is 0. The number of hydrogen-bond acceptors (Lipinski definition) is 6. The number of rotatable bonds is 10. The lowest BCUT2D eigenvalue weighted by atomic mass is 10.0. The molecule has 0 atom stereocenters. The Morgan fingerprint density at radius 1 is 0.491 bits per heavy atom. The van der Waals surface area contributed by atoms with E-state index in [1.807, 2.05) is 84.9 Å². The van der Waals surface area contributed by atoms with Crippen LogP contribution >= 0.6 is 0 Å². The lowest BCUT2D eigenvalue weighted by Crippen LogP contribution is -2.00. The molecule has 55 heavy (non-hydrogen) atoms. The zero-order valence-corrected chi connectivity index (χ0v) is 30.6. The smallest absolute Gasteiger partial charge is 0.307 e. The van der Waals surface area contributed by atoms with Gasteiger partial charge in [-0.1, -0.05) is 111 Å². The maximum Gasteiger partial charge on any atom is 0.307 e. The van der Waals surface area contributed by atoms with E-state index in [2.05, 4.69) is 73.0 Å². The highest BCUT2D eigenvalue weighted by molar-refractivity contribution is 6.10. The van der Waals surface area contributed by atoms with E-state index in [9.17, 15) is 9.59 Å². The molecule has 0 saturated heterocycles. The van der Waals surface area contributed by atoms with Crippen molar-refractivity contribution in [1.82, 2.24) is 9.97 Å². The molecule has 276 valence electrons. The molecule has 0 unspecified atom stereocenters. The lowest BCUT2D eigenvalue weighted by molar-refractivity contribution is -0.137. The number of carboxylic acids is 2. The maximum atomic E-state index is 10.9. The molecule has 0 radical (unpaired) electrons. The highest BCUT2D eigenvalue weighted by Crippen LogP contribution is 2.36. The van der Waals surface area contributed by atoms with E-state index in [-0.39, 0.29) is 18.3 Å². The number of para-hydroxylation sites is 4. The Balaban J connectivity index is 0.000000184. The van der Waals surface area contributed by atoms with E-state index in [4.69, 9.17) is 20.2 Å². The average molecular weight is 731 g/mol. The first kappa shape index (κ1) is 37.9. The normalized spacial score (nSPS) is 10.8. The standard InChI is InChI=1S/2C23H20N2O2.H2O/c2*1-2-16-6-5-8-19-22(16)25-20-9-4-3-7-18(20)23(19)24-17-12-10-15(11-13-17)14-21(26)27;/h2*3-13H,2,14H2,1H3,(H,24,25)(H,26,27);1H2. The summed E-state index contributed by atoms with van der Waals surface area (Å²) in [6.45, 7) is 4.28. The third-order valence-electron chi connectivity index (χ3n) is 9.51. The highest BCUT2D eigenvalue weighted by atomic mass is 16.4. The number of nitrogens with one attached hydrogen (secondary N) is 2. The Hall–Kier alpha value is -6.84. The summed E-state index contributed by atoms with van der Waals surface area (Å²) in [4.78, 5) is 31.5. The van der Waals surface area contributed by atoms with Crippen molar-refractivity contribution in [3.05, 3.63) is 156 Å². The Morgan fingerprint density at radius 3 is 1.22 bits per heavy atom. The van der Waals surface area contributed by atoms with Crippen LogP contribution in [0, 0.1) is 0 Å². The second-order valence-electron chi connectivity index (χ2n) is 13.1. The van der Waals surface area contributed by atoms with Crippen LogP contribution in [0.3, 0.4) is 0 Å². The van der Waals surface area contributed by atoms with Crippen LogP contribution < -0.4 is 10.6 Å². The van der Waals surface area contributed by atoms with Gasteiger partial charge in [-0.15, -0.1) is 0 Å². The summed E-state index contributed by atoms with van der Waals surface area (Å²) in [5.41, 5.74) is 11.8. The van der Waals surface area contributed by atoms with Crippen molar-refractivity contribution < 1.29 is 25.3 Å². The van der Waals surface area contributed by atoms with Gasteiger partial charge in [-0.05, 0) is 71.5 Å². The first-order valence-corrected chi connectivity index (χ1v) is 18.1. The molecule has 0 saturated carbocycles. The van der Waals surface area contributed by atoms with Crippen LogP contribution in [0.4, 0.5) is 22.7 Å². The van der Waals surface area contributed by atoms with Crippen molar-refractivity contribution in [1.29, 1.82) is 0 Å². The van der Waals surface area contributed by atoms with E-state index < -0.39 is 11.9 Å². The Labute approximate surface area is 318 Å². The number of benzene rings is 6. The van der Waals surface area contributed by atoms with Crippen LogP contribution in [0.15, 0.2) is 133 Å². The molecule has 9 heteroatoms. The van der Waals surface area contributed by atoms with Crippen molar-refractivity contribution in [2.45, 2.75) is 39.5 Å². The zero-order chi connectivity index (χ0) is 37.6. The van der Waals surface area contributed by atoms with Crippen LogP contribution in [0.25, 0.3) is 43.6 Å². The molecular formula is C46H42N4O5. The van der Waals surface area contributed by atoms with Gasteiger partial charge in [0.15, 0.2) is 0 Å². The number of anilines is 4. The molecule has 0 fully saturated rings. The fourth-order valence-electron chi connectivity index (χ4n) is 6.84. The van der Waals surface area contributed by atoms with Gasteiger partial charge in [0.05, 0.1) is 46.3 Å². The Morgan fingerprint density at radius 2 is 0.855 bits per heavy atom. The molecule has 0 amide bonds. The van der Waals surface area contributed by atoms with Gasteiger partial charge >= 0.3 is 11.9 Å². The van der Waals surface area contributed by atoms with E-state index >= 15 is 0 Å².